The molecule has 2 heterocycles. The maximum absolute atomic E-state index is 14.5. The Morgan fingerprint density at radius 2 is 2.00 bits per heavy atom. The molecule has 164 valence electrons. The van der Waals surface area contributed by atoms with Gasteiger partial charge in [-0.2, -0.15) is 5.10 Å². The number of carbonyl (C=O) groups is 1. The molecule has 0 saturated carbocycles. The van der Waals surface area contributed by atoms with E-state index in [-0.39, 0.29) is 17.5 Å². The lowest BCUT2D eigenvalue weighted by Crippen LogP contribution is -2.61. The topological polar surface area (TPSA) is 77.0 Å². The van der Waals surface area contributed by atoms with Crippen molar-refractivity contribution in [1.29, 1.82) is 0 Å². The lowest BCUT2D eigenvalue weighted by atomic mass is 9.95. The molecule has 0 aromatic heterocycles. The smallest absolute Gasteiger partial charge is 0.256 e. The molecule has 31 heavy (non-hydrogen) atoms. The van der Waals surface area contributed by atoms with Crippen LogP contribution < -0.4 is 10.7 Å². The lowest BCUT2D eigenvalue weighted by Gasteiger charge is -2.41. The van der Waals surface area contributed by atoms with Gasteiger partial charge in [0.2, 0.25) is 0 Å². The highest BCUT2D eigenvalue weighted by Gasteiger charge is 2.33. The quantitative estimate of drug-likeness (QED) is 0.639. The van der Waals surface area contributed by atoms with E-state index >= 15 is 0 Å². The summed E-state index contributed by atoms with van der Waals surface area (Å²) in [5.41, 5.74) is 5.94. The first-order valence-corrected chi connectivity index (χ1v) is 10.9. The van der Waals surface area contributed by atoms with E-state index in [1.54, 1.807) is 17.0 Å². The summed E-state index contributed by atoms with van der Waals surface area (Å²) < 4.78 is 14.5. The van der Waals surface area contributed by atoms with Crippen molar-refractivity contribution in [1.82, 2.24) is 15.6 Å². The SMILES string of the molecule is CCC(CC)NC1CN(C(=O)c2cc(CC3=NNC(O)c4ccccc43)ccc2F)C1. The number of benzene rings is 2. The zero-order valence-corrected chi connectivity index (χ0v) is 17.9. The molecule has 1 atom stereocenters. The zero-order valence-electron chi connectivity index (χ0n) is 17.9. The predicted molar refractivity (Wildman–Crippen MR) is 118 cm³/mol. The van der Waals surface area contributed by atoms with Gasteiger partial charge < -0.3 is 15.3 Å². The maximum Gasteiger partial charge on any atom is 0.256 e. The molecule has 1 fully saturated rings. The Kier molecular flexibility index (Phi) is 6.34. The van der Waals surface area contributed by atoms with Gasteiger partial charge in [-0.1, -0.05) is 44.2 Å². The van der Waals surface area contributed by atoms with Crippen LogP contribution >= 0.6 is 0 Å². The molecule has 0 aliphatic carbocycles. The first-order chi connectivity index (χ1) is 15.0. The van der Waals surface area contributed by atoms with Crippen molar-refractivity contribution >= 4 is 11.6 Å². The fourth-order valence-corrected chi connectivity index (χ4v) is 4.22. The van der Waals surface area contributed by atoms with E-state index in [1.807, 2.05) is 24.3 Å². The molecule has 4 rings (SSSR count). The number of likely N-dealkylation sites (tertiary alicyclic amines) is 1. The molecular weight excluding hydrogens is 395 g/mol. The third kappa shape index (κ3) is 4.48. The van der Waals surface area contributed by atoms with Gasteiger partial charge in [0.25, 0.3) is 5.91 Å². The minimum absolute atomic E-state index is 0.0937. The van der Waals surface area contributed by atoms with Crippen LogP contribution in [0, 0.1) is 5.82 Å². The summed E-state index contributed by atoms with van der Waals surface area (Å²) in [6.07, 6.45) is 1.68. The van der Waals surface area contributed by atoms with Crippen LogP contribution in [0.5, 0.6) is 0 Å². The first kappa shape index (κ1) is 21.5. The van der Waals surface area contributed by atoms with Crippen LogP contribution in [0.15, 0.2) is 47.6 Å². The van der Waals surface area contributed by atoms with Gasteiger partial charge in [0.1, 0.15) is 5.82 Å². The number of aliphatic hydroxyl groups excluding tert-OH is 1. The highest BCUT2D eigenvalue weighted by atomic mass is 19.1. The number of rotatable bonds is 7. The third-order valence-electron chi connectivity index (χ3n) is 6.15. The maximum atomic E-state index is 14.5. The van der Waals surface area contributed by atoms with Gasteiger partial charge in [-0.25, -0.2) is 4.39 Å². The molecule has 2 aliphatic heterocycles. The van der Waals surface area contributed by atoms with Crippen molar-refractivity contribution < 1.29 is 14.3 Å². The van der Waals surface area contributed by atoms with Gasteiger partial charge in [-0.3, -0.25) is 10.2 Å². The normalized spacial score (nSPS) is 18.3. The molecule has 0 spiro atoms. The number of aliphatic hydroxyl groups is 1. The molecule has 2 aromatic rings. The van der Waals surface area contributed by atoms with Crippen LogP contribution in [-0.2, 0) is 6.42 Å². The molecule has 1 amide bonds. The Morgan fingerprint density at radius 1 is 1.26 bits per heavy atom. The van der Waals surface area contributed by atoms with E-state index in [4.69, 9.17) is 0 Å². The van der Waals surface area contributed by atoms with Gasteiger partial charge in [0.15, 0.2) is 6.23 Å². The monoisotopic (exact) mass is 424 g/mol. The highest BCUT2D eigenvalue weighted by Crippen LogP contribution is 2.24. The molecule has 2 aliphatic rings. The van der Waals surface area contributed by atoms with Gasteiger partial charge in [-0.05, 0) is 30.5 Å². The van der Waals surface area contributed by atoms with Crippen molar-refractivity contribution in [2.24, 2.45) is 5.10 Å². The van der Waals surface area contributed by atoms with Gasteiger partial charge in [0, 0.05) is 42.7 Å². The number of fused-ring (bicyclic) bond motifs is 1. The number of nitrogens with one attached hydrogen (secondary N) is 2. The number of amides is 1. The Bertz CT molecular complexity index is 983. The van der Waals surface area contributed by atoms with Crippen LogP contribution in [0.3, 0.4) is 0 Å². The molecule has 1 saturated heterocycles. The van der Waals surface area contributed by atoms with Crippen molar-refractivity contribution in [3.8, 4) is 0 Å². The second-order valence-corrected chi connectivity index (χ2v) is 8.26. The molecule has 6 nitrogen and oxygen atoms in total. The van der Waals surface area contributed by atoms with Crippen molar-refractivity contribution in [2.45, 2.75) is 51.4 Å². The van der Waals surface area contributed by atoms with Crippen LogP contribution in [0.2, 0.25) is 0 Å². The lowest BCUT2D eigenvalue weighted by molar-refractivity contribution is 0.0545. The molecule has 3 N–H and O–H groups in total. The molecule has 0 bridgehead atoms. The molecule has 1 unspecified atom stereocenters. The van der Waals surface area contributed by atoms with E-state index in [0.717, 1.165) is 35.2 Å². The van der Waals surface area contributed by atoms with Crippen LogP contribution in [0.4, 0.5) is 4.39 Å². The first-order valence-electron chi connectivity index (χ1n) is 10.9. The second-order valence-electron chi connectivity index (χ2n) is 8.26. The average Bonchev–Trinajstić information content (AvgIpc) is 2.76. The molecule has 2 aromatic carbocycles. The molecule has 0 radical (unpaired) electrons. The highest BCUT2D eigenvalue weighted by molar-refractivity contribution is 6.04. The fraction of sp³-hybridized carbons (Fsp3) is 0.417. The van der Waals surface area contributed by atoms with Crippen molar-refractivity contribution in [3.63, 3.8) is 0 Å². The fourth-order valence-electron chi connectivity index (χ4n) is 4.22. The number of hydrogen-bond donors (Lipinski definition) is 3. The average molecular weight is 425 g/mol. The Labute approximate surface area is 182 Å². The van der Waals surface area contributed by atoms with Gasteiger partial charge in [0.05, 0.1) is 11.3 Å². The number of hydrogen-bond acceptors (Lipinski definition) is 5. The second kappa shape index (κ2) is 9.16. The van der Waals surface area contributed by atoms with E-state index in [9.17, 15) is 14.3 Å². The van der Waals surface area contributed by atoms with Crippen LogP contribution in [0.1, 0.15) is 60.0 Å². The van der Waals surface area contributed by atoms with E-state index in [2.05, 4.69) is 29.7 Å². The van der Waals surface area contributed by atoms with Gasteiger partial charge in [-0.15, -0.1) is 0 Å². The zero-order chi connectivity index (χ0) is 22.0. The number of carbonyl (C=O) groups excluding carboxylic acids is 1. The van der Waals surface area contributed by atoms with Crippen LogP contribution in [0.25, 0.3) is 0 Å². The molecule has 7 heteroatoms. The van der Waals surface area contributed by atoms with Crippen LogP contribution in [-0.4, -0.2) is 46.8 Å². The summed E-state index contributed by atoms with van der Waals surface area (Å²) in [4.78, 5) is 14.6. The Morgan fingerprint density at radius 3 is 2.74 bits per heavy atom. The van der Waals surface area contributed by atoms with Crippen molar-refractivity contribution in [3.05, 3.63) is 70.5 Å². The third-order valence-corrected chi connectivity index (χ3v) is 6.15. The summed E-state index contributed by atoms with van der Waals surface area (Å²) in [5.74, 6) is -0.786. The van der Waals surface area contributed by atoms with Gasteiger partial charge >= 0.3 is 0 Å². The number of nitrogens with zero attached hydrogens (tertiary/aromatic N) is 2. The Hall–Kier alpha value is -2.77. The summed E-state index contributed by atoms with van der Waals surface area (Å²) in [7, 11) is 0. The minimum Gasteiger partial charge on any atom is -0.368 e. The van der Waals surface area contributed by atoms with E-state index < -0.39 is 12.0 Å². The standard InChI is InChI=1S/C24H29FN4O2/c1-3-16(4-2)26-17-13-29(14-17)24(31)20-11-15(9-10-21(20)25)12-22-18-7-5-6-8-19(18)23(30)28-27-22/h5-11,16-17,23,26,28,30H,3-4,12-14H2,1-2H3. The molecular formula is C24H29FN4O2. The van der Waals surface area contributed by atoms with E-state index in [0.29, 0.717) is 25.6 Å². The minimum atomic E-state index is -0.849. The van der Waals surface area contributed by atoms with E-state index in [1.165, 1.54) is 6.07 Å². The predicted octanol–water partition coefficient (Wildman–Crippen LogP) is 2.97. The summed E-state index contributed by atoms with van der Waals surface area (Å²) in [6.45, 7) is 5.49. The largest absolute Gasteiger partial charge is 0.368 e. The summed E-state index contributed by atoms with van der Waals surface area (Å²) in [5, 5.41) is 17.9. The number of hydrazone groups is 1. The summed E-state index contributed by atoms with van der Waals surface area (Å²) in [6, 6.07) is 12.9. The van der Waals surface area contributed by atoms with Crippen molar-refractivity contribution in [2.75, 3.05) is 13.1 Å². The number of halogens is 1. The summed E-state index contributed by atoms with van der Waals surface area (Å²) >= 11 is 0. The Balaban J connectivity index is 1.46.